The molecular weight excluding hydrogens is 452 g/mol. The van der Waals surface area contributed by atoms with Crippen molar-refractivity contribution in [2.75, 3.05) is 26.0 Å². The van der Waals surface area contributed by atoms with E-state index in [1.54, 1.807) is 55.5 Å². The number of anilines is 1. The quantitative estimate of drug-likeness (QED) is 0.552. The van der Waals surface area contributed by atoms with E-state index in [0.29, 0.717) is 29.5 Å². The first-order chi connectivity index (χ1) is 15.1. The second kappa shape index (κ2) is 9.63. The van der Waals surface area contributed by atoms with Gasteiger partial charge in [0.1, 0.15) is 11.8 Å². The maximum Gasteiger partial charge on any atom is 0.251 e. The molecule has 3 N–H and O–H groups in total. The van der Waals surface area contributed by atoms with Gasteiger partial charge in [0.25, 0.3) is 5.91 Å². The van der Waals surface area contributed by atoms with Gasteiger partial charge in [-0.05, 0) is 60.6 Å². The molecule has 2 aromatic rings. The molecule has 32 heavy (non-hydrogen) atoms. The molecule has 1 saturated heterocycles. The molecule has 1 fully saturated rings. The summed E-state index contributed by atoms with van der Waals surface area (Å²) in [6.07, 6.45) is 0.447. The summed E-state index contributed by atoms with van der Waals surface area (Å²) >= 11 is 5.40. The molecule has 2 amide bonds. The van der Waals surface area contributed by atoms with Crippen LogP contribution in [0.25, 0.3) is 0 Å². The number of rotatable bonds is 8. The number of benzene rings is 2. The third kappa shape index (κ3) is 5.42. The van der Waals surface area contributed by atoms with Crippen LogP contribution in [0.5, 0.6) is 5.75 Å². The summed E-state index contributed by atoms with van der Waals surface area (Å²) in [5.74, 6) is 0.114. The van der Waals surface area contributed by atoms with Crippen LogP contribution in [-0.2, 0) is 26.0 Å². The average molecular weight is 477 g/mol. The molecule has 0 aromatic heterocycles. The lowest BCUT2D eigenvalue weighted by atomic mass is 10.1. The molecule has 0 saturated carbocycles. The standard InChI is InChI=1S/C21H24N4O5S2/c1-24-20(27)18(13-19(26)23-15-5-7-16(30-2)8-6-15)25(21(24)31)12-11-14-3-9-17(10-4-14)32(22,28)29/h3-10,18H,11-13H2,1-2H3,(H,23,26)(H2,22,28,29)/t18-/m0/s1. The Morgan fingerprint density at radius 2 is 1.78 bits per heavy atom. The average Bonchev–Trinajstić information content (AvgIpc) is 2.96. The fourth-order valence-electron chi connectivity index (χ4n) is 3.38. The highest BCUT2D eigenvalue weighted by Crippen LogP contribution is 2.22. The van der Waals surface area contributed by atoms with Crippen LogP contribution < -0.4 is 15.2 Å². The number of likely N-dealkylation sites (N-methyl/N-ethyl adjacent to an activating group) is 1. The van der Waals surface area contributed by atoms with Crippen molar-refractivity contribution in [2.45, 2.75) is 23.8 Å². The highest BCUT2D eigenvalue weighted by atomic mass is 32.2. The summed E-state index contributed by atoms with van der Waals surface area (Å²) in [4.78, 5) is 28.4. The van der Waals surface area contributed by atoms with E-state index in [1.807, 2.05) is 0 Å². The van der Waals surface area contributed by atoms with Crippen LogP contribution in [-0.4, -0.2) is 61.9 Å². The molecule has 9 nitrogen and oxygen atoms in total. The van der Waals surface area contributed by atoms with Crippen molar-refractivity contribution in [3.05, 3.63) is 54.1 Å². The number of primary sulfonamides is 1. The molecule has 1 heterocycles. The maximum absolute atomic E-state index is 12.7. The molecule has 11 heteroatoms. The normalized spacial score (nSPS) is 16.4. The first-order valence-corrected chi connectivity index (χ1v) is 11.7. The van der Waals surface area contributed by atoms with Crippen LogP contribution in [0.4, 0.5) is 5.69 Å². The Bertz CT molecular complexity index is 1120. The van der Waals surface area contributed by atoms with Crippen molar-refractivity contribution in [2.24, 2.45) is 5.14 Å². The van der Waals surface area contributed by atoms with Gasteiger partial charge in [-0.3, -0.25) is 14.5 Å². The van der Waals surface area contributed by atoms with Gasteiger partial charge in [0.15, 0.2) is 5.11 Å². The lowest BCUT2D eigenvalue weighted by molar-refractivity contribution is -0.130. The van der Waals surface area contributed by atoms with Gasteiger partial charge in [-0.2, -0.15) is 0 Å². The maximum atomic E-state index is 12.7. The number of ether oxygens (including phenoxy) is 1. The number of methoxy groups -OCH3 is 1. The molecule has 1 aliphatic rings. The predicted octanol–water partition coefficient (Wildman–Crippen LogP) is 1.34. The van der Waals surface area contributed by atoms with Crippen LogP contribution in [0.1, 0.15) is 12.0 Å². The van der Waals surface area contributed by atoms with Gasteiger partial charge in [-0.25, -0.2) is 13.6 Å². The second-order valence-electron chi connectivity index (χ2n) is 7.31. The molecule has 0 bridgehead atoms. The molecule has 1 atom stereocenters. The topological polar surface area (TPSA) is 122 Å². The third-order valence-corrected chi connectivity index (χ3v) is 6.61. The van der Waals surface area contributed by atoms with Gasteiger partial charge in [0, 0.05) is 19.3 Å². The monoisotopic (exact) mass is 476 g/mol. The molecule has 0 unspecified atom stereocenters. The highest BCUT2D eigenvalue weighted by molar-refractivity contribution is 7.89. The van der Waals surface area contributed by atoms with E-state index in [0.717, 1.165) is 5.56 Å². The van der Waals surface area contributed by atoms with Gasteiger partial charge < -0.3 is 15.0 Å². The zero-order chi connectivity index (χ0) is 23.5. The van der Waals surface area contributed by atoms with Gasteiger partial charge in [0.2, 0.25) is 15.9 Å². The zero-order valence-corrected chi connectivity index (χ0v) is 19.3. The van der Waals surface area contributed by atoms with Crippen LogP contribution in [0, 0.1) is 0 Å². The predicted molar refractivity (Wildman–Crippen MR) is 124 cm³/mol. The molecule has 170 valence electrons. The van der Waals surface area contributed by atoms with Crippen LogP contribution in [0.3, 0.4) is 0 Å². The third-order valence-electron chi connectivity index (χ3n) is 5.17. The minimum Gasteiger partial charge on any atom is -0.497 e. The number of nitrogens with zero attached hydrogens (tertiary/aromatic N) is 2. The second-order valence-corrected chi connectivity index (χ2v) is 9.24. The van der Waals surface area contributed by atoms with Gasteiger partial charge in [-0.15, -0.1) is 0 Å². The Kier molecular flexibility index (Phi) is 7.12. The molecule has 0 radical (unpaired) electrons. The van der Waals surface area contributed by atoms with Gasteiger partial charge in [0.05, 0.1) is 18.4 Å². The molecule has 2 aromatic carbocycles. The van der Waals surface area contributed by atoms with Crippen LogP contribution in [0.2, 0.25) is 0 Å². The summed E-state index contributed by atoms with van der Waals surface area (Å²) in [6.45, 7) is 0.393. The summed E-state index contributed by atoms with van der Waals surface area (Å²) in [5.41, 5.74) is 1.45. The van der Waals surface area contributed by atoms with Crippen LogP contribution >= 0.6 is 12.2 Å². The molecule has 3 rings (SSSR count). The molecule has 0 spiro atoms. The fraction of sp³-hybridized carbons (Fsp3) is 0.286. The number of hydrogen-bond donors (Lipinski definition) is 2. The van der Waals surface area contributed by atoms with Crippen molar-refractivity contribution in [1.29, 1.82) is 0 Å². The van der Waals surface area contributed by atoms with E-state index in [1.165, 1.54) is 17.0 Å². The first-order valence-electron chi connectivity index (χ1n) is 9.74. The fourth-order valence-corrected chi connectivity index (χ4v) is 4.21. The number of amides is 2. The molecule has 1 aliphatic heterocycles. The largest absolute Gasteiger partial charge is 0.497 e. The van der Waals surface area contributed by atoms with E-state index in [9.17, 15) is 18.0 Å². The number of thiocarbonyl (C=S) groups is 1. The van der Waals surface area contributed by atoms with E-state index in [-0.39, 0.29) is 23.1 Å². The van der Waals surface area contributed by atoms with Gasteiger partial charge in [-0.1, -0.05) is 12.1 Å². The zero-order valence-electron chi connectivity index (χ0n) is 17.6. The molecular formula is C21H24N4O5S2. The number of sulfonamides is 1. The summed E-state index contributed by atoms with van der Waals surface area (Å²) in [6, 6.07) is 12.4. The summed E-state index contributed by atoms with van der Waals surface area (Å²) in [5, 5.41) is 8.25. The summed E-state index contributed by atoms with van der Waals surface area (Å²) < 4.78 is 27.9. The van der Waals surface area contributed by atoms with Crippen molar-refractivity contribution in [3.8, 4) is 5.75 Å². The lowest BCUT2D eigenvalue weighted by Gasteiger charge is -2.23. The lowest BCUT2D eigenvalue weighted by Crippen LogP contribution is -2.39. The van der Waals surface area contributed by atoms with E-state index >= 15 is 0 Å². The number of carbonyl (C=O) groups is 2. The highest BCUT2D eigenvalue weighted by Gasteiger charge is 2.41. The Balaban J connectivity index is 1.66. The number of nitrogens with one attached hydrogen (secondary N) is 1. The van der Waals surface area contributed by atoms with E-state index < -0.39 is 16.1 Å². The number of carbonyl (C=O) groups excluding carboxylic acids is 2. The van der Waals surface area contributed by atoms with Crippen LogP contribution in [0.15, 0.2) is 53.4 Å². The Labute approximate surface area is 192 Å². The first kappa shape index (κ1) is 23.6. The smallest absolute Gasteiger partial charge is 0.251 e. The van der Waals surface area contributed by atoms with Gasteiger partial charge >= 0.3 is 0 Å². The van der Waals surface area contributed by atoms with E-state index in [2.05, 4.69) is 5.32 Å². The minimum atomic E-state index is -3.76. The number of hydrogen-bond acceptors (Lipinski definition) is 6. The van der Waals surface area contributed by atoms with Crippen molar-refractivity contribution in [1.82, 2.24) is 9.80 Å². The summed E-state index contributed by atoms with van der Waals surface area (Å²) in [7, 11) is -0.619. The number of nitrogens with two attached hydrogens (primary N) is 1. The van der Waals surface area contributed by atoms with Crippen molar-refractivity contribution < 1.29 is 22.7 Å². The van der Waals surface area contributed by atoms with Crippen molar-refractivity contribution in [3.63, 3.8) is 0 Å². The minimum absolute atomic E-state index is 0.0286. The molecule has 0 aliphatic carbocycles. The Hall–Kier alpha value is -3.02. The Morgan fingerprint density at radius 3 is 2.34 bits per heavy atom. The SMILES string of the molecule is COc1ccc(NC(=O)C[C@H]2C(=O)N(C)C(=S)N2CCc2ccc(S(N)(=O)=O)cc2)cc1. The van der Waals surface area contributed by atoms with E-state index in [4.69, 9.17) is 22.1 Å². The van der Waals surface area contributed by atoms with Crippen molar-refractivity contribution >= 4 is 44.9 Å². The Morgan fingerprint density at radius 1 is 1.16 bits per heavy atom.